The van der Waals surface area contributed by atoms with Gasteiger partial charge in [-0.25, -0.2) is 4.98 Å². The number of hydrogen-bond donors (Lipinski definition) is 1. The number of fused-ring (bicyclic) bond motifs is 1. The van der Waals surface area contributed by atoms with Crippen LogP contribution in [0, 0.1) is 0 Å². The number of carbonyl (C=O) groups is 1. The monoisotopic (exact) mass is 400 g/mol. The summed E-state index contributed by atoms with van der Waals surface area (Å²) in [5, 5.41) is 3.32. The molecule has 1 atom stereocenters. The van der Waals surface area contributed by atoms with Gasteiger partial charge in [-0.1, -0.05) is 24.3 Å². The van der Waals surface area contributed by atoms with Crippen LogP contribution >= 0.6 is 12.4 Å². The Hall–Kier alpha value is -2.90. The molecule has 8 heteroatoms. The predicted molar refractivity (Wildman–Crippen MR) is 108 cm³/mol. The minimum Gasteiger partial charge on any atom is -0.496 e. The molecular weight excluding hydrogens is 380 g/mol. The van der Waals surface area contributed by atoms with Gasteiger partial charge in [0.05, 0.1) is 13.2 Å². The van der Waals surface area contributed by atoms with Crippen molar-refractivity contribution >= 4 is 24.0 Å². The van der Waals surface area contributed by atoms with Crippen molar-refractivity contribution in [2.75, 3.05) is 26.7 Å². The molecule has 4 rings (SSSR count). The zero-order valence-corrected chi connectivity index (χ0v) is 16.2. The number of methoxy groups -OCH3 is 1. The first-order chi connectivity index (χ1) is 13.2. The van der Waals surface area contributed by atoms with Gasteiger partial charge in [-0.05, 0) is 18.2 Å². The molecule has 0 radical (unpaired) electrons. The lowest BCUT2D eigenvalue weighted by atomic mass is 10.0. The number of benzene rings is 1. The van der Waals surface area contributed by atoms with E-state index in [2.05, 4.69) is 10.3 Å². The van der Waals surface area contributed by atoms with Gasteiger partial charge in [0.15, 0.2) is 0 Å². The van der Waals surface area contributed by atoms with Crippen molar-refractivity contribution in [3.8, 4) is 5.75 Å². The van der Waals surface area contributed by atoms with Gasteiger partial charge in [0, 0.05) is 37.6 Å². The van der Waals surface area contributed by atoms with Gasteiger partial charge in [0.25, 0.3) is 11.5 Å². The van der Waals surface area contributed by atoms with E-state index in [4.69, 9.17) is 4.74 Å². The van der Waals surface area contributed by atoms with Crippen LogP contribution < -0.4 is 15.6 Å². The SMILES string of the molecule is COc1ccccc1C1CNCCN1C(=O)c1cnc2ccccn2c1=O.Cl. The van der Waals surface area contributed by atoms with E-state index in [1.54, 1.807) is 36.4 Å². The summed E-state index contributed by atoms with van der Waals surface area (Å²) in [6.45, 7) is 1.76. The number of para-hydroxylation sites is 1. The molecule has 1 unspecified atom stereocenters. The second kappa shape index (κ2) is 8.41. The Bertz CT molecular complexity index is 1050. The van der Waals surface area contributed by atoms with Crippen LogP contribution in [0.2, 0.25) is 0 Å². The Morgan fingerprint density at radius 1 is 1.21 bits per heavy atom. The van der Waals surface area contributed by atoms with E-state index in [0.717, 1.165) is 11.3 Å². The highest BCUT2D eigenvalue weighted by atomic mass is 35.5. The number of nitrogens with one attached hydrogen (secondary N) is 1. The maximum absolute atomic E-state index is 13.3. The lowest BCUT2D eigenvalue weighted by molar-refractivity contribution is 0.0629. The van der Waals surface area contributed by atoms with E-state index in [1.165, 1.54) is 10.6 Å². The largest absolute Gasteiger partial charge is 0.496 e. The second-order valence-corrected chi connectivity index (χ2v) is 6.37. The molecule has 7 nitrogen and oxygen atoms in total. The van der Waals surface area contributed by atoms with Gasteiger partial charge >= 0.3 is 0 Å². The van der Waals surface area contributed by atoms with Crippen molar-refractivity contribution in [1.29, 1.82) is 0 Å². The molecule has 2 aromatic heterocycles. The second-order valence-electron chi connectivity index (χ2n) is 6.37. The average Bonchev–Trinajstić information content (AvgIpc) is 2.74. The smallest absolute Gasteiger partial charge is 0.270 e. The summed E-state index contributed by atoms with van der Waals surface area (Å²) in [5.41, 5.74) is 1.14. The normalized spacial score (nSPS) is 16.5. The molecular formula is C20H21ClN4O3. The molecule has 1 aromatic carbocycles. The zero-order chi connectivity index (χ0) is 18.8. The molecule has 28 heavy (non-hydrogen) atoms. The van der Waals surface area contributed by atoms with Gasteiger partial charge in [-0.2, -0.15) is 0 Å². The Labute approximate surface area is 168 Å². The molecule has 1 N–H and O–H groups in total. The summed E-state index contributed by atoms with van der Waals surface area (Å²) in [6, 6.07) is 12.7. The number of amides is 1. The molecule has 0 spiro atoms. The van der Waals surface area contributed by atoms with Crippen LogP contribution in [0.4, 0.5) is 0 Å². The van der Waals surface area contributed by atoms with Crippen molar-refractivity contribution in [3.63, 3.8) is 0 Å². The van der Waals surface area contributed by atoms with E-state index in [9.17, 15) is 9.59 Å². The highest BCUT2D eigenvalue weighted by Gasteiger charge is 2.31. The Kier molecular flexibility index (Phi) is 5.96. The number of halogens is 1. The first-order valence-corrected chi connectivity index (χ1v) is 8.81. The van der Waals surface area contributed by atoms with Crippen LogP contribution in [0.25, 0.3) is 5.65 Å². The third kappa shape index (κ3) is 3.46. The summed E-state index contributed by atoms with van der Waals surface area (Å²) in [5.74, 6) is 0.403. The molecule has 3 aromatic rings. The number of rotatable bonds is 3. The van der Waals surface area contributed by atoms with Crippen molar-refractivity contribution in [3.05, 3.63) is 76.3 Å². The van der Waals surface area contributed by atoms with E-state index >= 15 is 0 Å². The fourth-order valence-corrected chi connectivity index (χ4v) is 3.50. The summed E-state index contributed by atoms with van der Waals surface area (Å²) in [6.07, 6.45) is 3.00. The van der Waals surface area contributed by atoms with E-state index < -0.39 is 0 Å². The van der Waals surface area contributed by atoms with E-state index in [-0.39, 0.29) is 35.5 Å². The number of ether oxygens (including phenoxy) is 1. The molecule has 1 amide bonds. The van der Waals surface area contributed by atoms with Crippen LogP contribution in [-0.4, -0.2) is 46.9 Å². The minimum atomic E-state index is -0.358. The number of nitrogens with zero attached hydrogens (tertiary/aromatic N) is 3. The van der Waals surface area contributed by atoms with E-state index in [0.29, 0.717) is 25.3 Å². The fourth-order valence-electron chi connectivity index (χ4n) is 3.50. The molecule has 1 aliphatic heterocycles. The van der Waals surface area contributed by atoms with Crippen LogP contribution in [0.1, 0.15) is 22.0 Å². The summed E-state index contributed by atoms with van der Waals surface area (Å²) >= 11 is 0. The molecule has 0 bridgehead atoms. The third-order valence-corrected chi connectivity index (χ3v) is 4.85. The molecule has 3 heterocycles. The topological polar surface area (TPSA) is 75.9 Å². The van der Waals surface area contributed by atoms with Gasteiger partial charge in [0.1, 0.15) is 17.0 Å². The Morgan fingerprint density at radius 2 is 2.00 bits per heavy atom. The van der Waals surface area contributed by atoms with Gasteiger partial charge in [0.2, 0.25) is 0 Å². The van der Waals surface area contributed by atoms with Gasteiger partial charge in [-0.15, -0.1) is 12.4 Å². The number of hydrogen-bond acceptors (Lipinski definition) is 5. The highest BCUT2D eigenvalue weighted by Crippen LogP contribution is 2.30. The molecule has 1 saturated heterocycles. The molecule has 1 fully saturated rings. The van der Waals surface area contributed by atoms with Crippen LogP contribution in [0.3, 0.4) is 0 Å². The lowest BCUT2D eigenvalue weighted by Crippen LogP contribution is -2.49. The van der Waals surface area contributed by atoms with Crippen molar-refractivity contribution < 1.29 is 9.53 Å². The lowest BCUT2D eigenvalue weighted by Gasteiger charge is -2.37. The van der Waals surface area contributed by atoms with Gasteiger partial charge in [-0.3, -0.25) is 14.0 Å². The predicted octanol–water partition coefficient (Wildman–Crippen LogP) is 1.91. The summed E-state index contributed by atoms with van der Waals surface area (Å²) in [7, 11) is 1.61. The number of carbonyl (C=O) groups excluding carboxylic acids is 1. The average molecular weight is 401 g/mol. The summed E-state index contributed by atoms with van der Waals surface area (Å²) in [4.78, 5) is 32.1. The molecule has 1 aliphatic rings. The maximum Gasteiger partial charge on any atom is 0.270 e. The Balaban J connectivity index is 0.00000225. The summed E-state index contributed by atoms with van der Waals surface area (Å²) < 4.78 is 6.87. The Morgan fingerprint density at radius 3 is 2.82 bits per heavy atom. The number of pyridine rings is 1. The number of piperazine rings is 1. The zero-order valence-electron chi connectivity index (χ0n) is 15.4. The molecule has 146 valence electrons. The van der Waals surface area contributed by atoms with Crippen molar-refractivity contribution in [1.82, 2.24) is 19.6 Å². The highest BCUT2D eigenvalue weighted by molar-refractivity contribution is 5.94. The van der Waals surface area contributed by atoms with E-state index in [1.807, 2.05) is 24.3 Å². The minimum absolute atomic E-state index is 0. The first kappa shape index (κ1) is 19.9. The van der Waals surface area contributed by atoms with Crippen LogP contribution in [-0.2, 0) is 0 Å². The standard InChI is InChI=1S/C20H20N4O3.ClH/c1-27-17-7-3-2-6-14(17)16-13-21-9-11-23(16)19(25)15-12-22-18-8-4-5-10-24(18)20(15)26;/h2-8,10,12,16,21H,9,11,13H2,1H3;1H. The third-order valence-electron chi connectivity index (χ3n) is 4.85. The molecule has 0 saturated carbocycles. The van der Waals surface area contributed by atoms with Crippen LogP contribution in [0.5, 0.6) is 5.75 Å². The van der Waals surface area contributed by atoms with Gasteiger partial charge < -0.3 is 15.0 Å². The van der Waals surface area contributed by atoms with Crippen molar-refractivity contribution in [2.24, 2.45) is 0 Å². The first-order valence-electron chi connectivity index (χ1n) is 8.81. The van der Waals surface area contributed by atoms with Crippen LogP contribution in [0.15, 0.2) is 59.7 Å². The van der Waals surface area contributed by atoms with Crippen molar-refractivity contribution in [2.45, 2.75) is 6.04 Å². The number of aromatic nitrogens is 2. The quantitative estimate of drug-likeness (QED) is 0.726. The maximum atomic E-state index is 13.3. The fraction of sp³-hybridized carbons (Fsp3) is 0.250. The molecule has 0 aliphatic carbocycles.